The number of hydrogen-bond donors (Lipinski definition) is 0. The fraction of sp³-hybridized carbons (Fsp3) is 0.304. The lowest BCUT2D eigenvalue weighted by molar-refractivity contribution is 0.223. The maximum atomic E-state index is 13.3. The lowest BCUT2D eigenvalue weighted by Crippen LogP contribution is -2.30. The lowest BCUT2D eigenvalue weighted by Gasteiger charge is -2.22. The molecule has 0 aromatic carbocycles. The fourth-order valence-corrected chi connectivity index (χ4v) is 4.11. The van der Waals surface area contributed by atoms with Crippen LogP contribution in [0, 0.1) is 24.2 Å². The third kappa shape index (κ3) is 3.61. The van der Waals surface area contributed by atoms with E-state index in [0.29, 0.717) is 42.3 Å². The normalized spacial score (nSPS) is 14.1. The van der Waals surface area contributed by atoms with Crippen LogP contribution in [0.2, 0.25) is 0 Å². The SMILES string of the molecule is COc1cnn2cc(-c3nn4c(c3C)CN(C#N)CC4)cc(OC(C)c3ccc(F)cn3)c12. The number of ether oxygens (including phenoxy) is 2. The van der Waals surface area contributed by atoms with Crippen LogP contribution >= 0.6 is 0 Å². The van der Waals surface area contributed by atoms with Gasteiger partial charge in [0.1, 0.15) is 11.9 Å². The van der Waals surface area contributed by atoms with Crippen molar-refractivity contribution in [1.29, 1.82) is 5.26 Å². The van der Waals surface area contributed by atoms with E-state index in [-0.39, 0.29) is 0 Å². The van der Waals surface area contributed by atoms with Crippen LogP contribution in [0.3, 0.4) is 0 Å². The van der Waals surface area contributed by atoms with E-state index < -0.39 is 11.9 Å². The van der Waals surface area contributed by atoms with Crippen LogP contribution in [-0.2, 0) is 13.1 Å². The van der Waals surface area contributed by atoms with Crippen LogP contribution in [0.1, 0.15) is 30.0 Å². The second-order valence-corrected chi connectivity index (χ2v) is 7.93. The van der Waals surface area contributed by atoms with Crippen LogP contribution < -0.4 is 9.47 Å². The van der Waals surface area contributed by atoms with Crippen molar-refractivity contribution in [3.63, 3.8) is 0 Å². The van der Waals surface area contributed by atoms with Crippen molar-refractivity contribution in [2.24, 2.45) is 0 Å². The molecule has 0 aliphatic carbocycles. The summed E-state index contributed by atoms with van der Waals surface area (Å²) in [6, 6.07) is 4.86. The van der Waals surface area contributed by atoms with E-state index >= 15 is 0 Å². The number of pyridine rings is 2. The van der Waals surface area contributed by atoms with Gasteiger partial charge in [-0.25, -0.2) is 8.91 Å². The predicted octanol–water partition coefficient (Wildman–Crippen LogP) is 3.49. The summed E-state index contributed by atoms with van der Waals surface area (Å²) < 4.78 is 28.7. The Labute approximate surface area is 189 Å². The number of nitrogens with zero attached hydrogens (tertiary/aromatic N) is 7. The van der Waals surface area contributed by atoms with Crippen molar-refractivity contribution in [3.8, 4) is 28.9 Å². The highest BCUT2D eigenvalue weighted by atomic mass is 19.1. The van der Waals surface area contributed by atoms with Gasteiger partial charge in [0.05, 0.1) is 49.7 Å². The number of rotatable bonds is 5. The molecule has 0 fully saturated rings. The van der Waals surface area contributed by atoms with Gasteiger partial charge in [-0.15, -0.1) is 0 Å². The number of halogens is 1. The van der Waals surface area contributed by atoms with Gasteiger partial charge in [0.2, 0.25) is 0 Å². The predicted molar refractivity (Wildman–Crippen MR) is 117 cm³/mol. The van der Waals surface area contributed by atoms with Crippen LogP contribution in [0.15, 0.2) is 36.8 Å². The van der Waals surface area contributed by atoms with Gasteiger partial charge in [0.25, 0.3) is 0 Å². The van der Waals surface area contributed by atoms with Crippen molar-refractivity contribution in [2.45, 2.75) is 33.0 Å². The molecule has 1 aliphatic heterocycles. The molecule has 4 aromatic rings. The van der Waals surface area contributed by atoms with E-state index in [9.17, 15) is 9.65 Å². The first kappa shape index (κ1) is 20.8. The zero-order chi connectivity index (χ0) is 23.1. The second-order valence-electron chi connectivity index (χ2n) is 7.93. The van der Waals surface area contributed by atoms with E-state index in [1.54, 1.807) is 28.8 Å². The third-order valence-electron chi connectivity index (χ3n) is 5.89. The Morgan fingerprint density at radius 3 is 2.79 bits per heavy atom. The summed E-state index contributed by atoms with van der Waals surface area (Å²) in [6.45, 7) is 5.68. The molecule has 0 saturated carbocycles. The minimum absolute atomic E-state index is 0.401. The minimum Gasteiger partial charge on any atom is -0.493 e. The highest BCUT2D eigenvalue weighted by Crippen LogP contribution is 2.37. The molecule has 168 valence electrons. The minimum atomic E-state index is -0.440. The Morgan fingerprint density at radius 2 is 2.06 bits per heavy atom. The average Bonchev–Trinajstić information content (AvgIpc) is 3.40. The molecule has 0 spiro atoms. The van der Waals surface area contributed by atoms with Crippen LogP contribution in [0.25, 0.3) is 16.8 Å². The molecule has 9 nitrogen and oxygen atoms in total. The molecule has 1 unspecified atom stereocenters. The molecule has 1 aliphatic rings. The van der Waals surface area contributed by atoms with E-state index in [4.69, 9.17) is 14.6 Å². The quantitative estimate of drug-likeness (QED) is 0.432. The summed E-state index contributed by atoms with van der Waals surface area (Å²) in [4.78, 5) is 5.86. The van der Waals surface area contributed by atoms with Gasteiger partial charge in [0.15, 0.2) is 23.2 Å². The van der Waals surface area contributed by atoms with E-state index in [1.807, 2.05) is 30.8 Å². The smallest absolute Gasteiger partial charge is 0.179 e. The number of aromatic nitrogens is 5. The highest BCUT2D eigenvalue weighted by Gasteiger charge is 2.24. The van der Waals surface area contributed by atoms with Gasteiger partial charge in [-0.3, -0.25) is 9.67 Å². The Kier molecular flexibility index (Phi) is 5.09. The molecule has 1 atom stereocenters. The summed E-state index contributed by atoms with van der Waals surface area (Å²) in [5.41, 5.74) is 4.93. The summed E-state index contributed by atoms with van der Waals surface area (Å²) >= 11 is 0. The summed E-state index contributed by atoms with van der Waals surface area (Å²) in [7, 11) is 1.58. The summed E-state index contributed by atoms with van der Waals surface area (Å²) in [5.74, 6) is 0.716. The maximum Gasteiger partial charge on any atom is 0.179 e. The largest absolute Gasteiger partial charge is 0.493 e. The van der Waals surface area contributed by atoms with Gasteiger partial charge in [-0.05, 0) is 32.0 Å². The van der Waals surface area contributed by atoms with E-state index in [0.717, 1.165) is 22.5 Å². The second kappa shape index (κ2) is 8.09. The first-order chi connectivity index (χ1) is 16.0. The van der Waals surface area contributed by atoms with Gasteiger partial charge in [-0.1, -0.05) is 0 Å². The van der Waals surface area contributed by atoms with Gasteiger partial charge in [0, 0.05) is 23.9 Å². The van der Waals surface area contributed by atoms with Crippen LogP contribution in [-0.4, -0.2) is 42.9 Å². The number of nitriles is 1. The molecule has 0 bridgehead atoms. The zero-order valence-electron chi connectivity index (χ0n) is 18.5. The molecular weight excluding hydrogens is 425 g/mol. The highest BCUT2D eigenvalue weighted by molar-refractivity contribution is 5.75. The molecule has 0 radical (unpaired) electrons. The zero-order valence-corrected chi connectivity index (χ0v) is 18.5. The van der Waals surface area contributed by atoms with Crippen LogP contribution in [0.4, 0.5) is 4.39 Å². The average molecular weight is 447 g/mol. The number of fused-ring (bicyclic) bond motifs is 2. The van der Waals surface area contributed by atoms with Gasteiger partial charge in [-0.2, -0.15) is 15.5 Å². The molecular formula is C23H22FN7O2. The van der Waals surface area contributed by atoms with Crippen LogP contribution in [0.5, 0.6) is 11.5 Å². The number of methoxy groups -OCH3 is 1. The van der Waals surface area contributed by atoms with E-state index in [2.05, 4.69) is 16.3 Å². The molecule has 0 N–H and O–H groups in total. The lowest BCUT2D eigenvalue weighted by atomic mass is 10.1. The Morgan fingerprint density at radius 1 is 1.21 bits per heavy atom. The molecule has 0 amide bonds. The van der Waals surface area contributed by atoms with Crippen molar-refractivity contribution in [1.82, 2.24) is 29.3 Å². The van der Waals surface area contributed by atoms with Crippen molar-refractivity contribution in [2.75, 3.05) is 13.7 Å². The fourth-order valence-electron chi connectivity index (χ4n) is 4.11. The summed E-state index contributed by atoms with van der Waals surface area (Å²) in [5, 5.41) is 18.5. The maximum absolute atomic E-state index is 13.3. The number of hydrogen-bond acceptors (Lipinski definition) is 7. The van der Waals surface area contributed by atoms with Gasteiger partial charge < -0.3 is 14.4 Å². The topological polar surface area (TPSA) is 93.5 Å². The molecule has 5 heterocycles. The monoisotopic (exact) mass is 447 g/mol. The van der Waals surface area contributed by atoms with E-state index in [1.165, 1.54) is 12.3 Å². The molecule has 4 aromatic heterocycles. The Bertz CT molecular complexity index is 1370. The summed E-state index contributed by atoms with van der Waals surface area (Å²) in [6.07, 6.45) is 6.46. The third-order valence-corrected chi connectivity index (χ3v) is 5.89. The Hall–Kier alpha value is -4.13. The molecule has 5 rings (SSSR count). The first-order valence-corrected chi connectivity index (χ1v) is 10.5. The van der Waals surface area contributed by atoms with Crippen molar-refractivity contribution in [3.05, 3.63) is 59.6 Å². The first-order valence-electron chi connectivity index (χ1n) is 10.5. The van der Waals surface area contributed by atoms with Gasteiger partial charge >= 0.3 is 0 Å². The Balaban J connectivity index is 1.59. The van der Waals surface area contributed by atoms with Crippen molar-refractivity contribution >= 4 is 5.52 Å². The standard InChI is InChI=1S/C23H22FN7O2/c1-14-19-12-29(13-25)6-7-30(19)28-22(14)16-8-20(23-21(32-3)10-27-31(23)11-16)33-15(2)18-5-4-17(24)9-26-18/h4-5,8-11,15H,6-7,12H2,1-3H3. The molecule has 33 heavy (non-hydrogen) atoms. The molecule has 0 saturated heterocycles. The van der Waals surface area contributed by atoms with Crippen molar-refractivity contribution < 1.29 is 13.9 Å². The molecule has 10 heteroatoms.